The quantitative estimate of drug-likeness (QED) is 0.173. The molecule has 0 amide bonds. The van der Waals surface area contributed by atoms with Gasteiger partial charge in [-0.25, -0.2) is 13.2 Å². The van der Waals surface area contributed by atoms with E-state index in [9.17, 15) is 74.6 Å². The summed E-state index contributed by atoms with van der Waals surface area (Å²) in [6.45, 7) is -2.06. The summed E-state index contributed by atoms with van der Waals surface area (Å²) in [5.74, 6) is -34.1. The molecule has 0 bridgehead atoms. The van der Waals surface area contributed by atoms with E-state index in [4.69, 9.17) is 0 Å². The van der Waals surface area contributed by atoms with Crippen molar-refractivity contribution >= 4 is 0 Å². The molecule has 19 heteroatoms. The second-order valence-corrected chi connectivity index (χ2v) is 6.09. The molecule has 1 radical (unpaired) electrons. The molecule has 241 valence electrons. The van der Waals surface area contributed by atoms with Crippen molar-refractivity contribution in [3.05, 3.63) is 6.43 Å². The zero-order chi connectivity index (χ0) is 25.0. The molecule has 0 aliphatic carbocycles. The van der Waals surface area contributed by atoms with Crippen LogP contribution in [0.3, 0.4) is 0 Å². The number of hydrogen-bond donors (Lipinski definition) is 0. The molecule has 38 heavy (non-hydrogen) atoms. The molecule has 0 aliphatic rings. The van der Waals surface area contributed by atoms with E-state index in [1.165, 1.54) is 0 Å². The van der Waals surface area contributed by atoms with Crippen molar-refractivity contribution in [2.75, 3.05) is 0 Å². The maximum Gasteiger partial charge on any atom is 0.455 e. The Morgan fingerprint density at radius 3 is 1.05 bits per heavy atom. The van der Waals surface area contributed by atoms with Crippen molar-refractivity contribution in [2.24, 2.45) is 0 Å². The summed E-state index contributed by atoms with van der Waals surface area (Å²) in [4.78, 5) is 0. The van der Waals surface area contributed by atoms with Gasteiger partial charge in [0.1, 0.15) is 0 Å². The average molecular weight is 692 g/mol. The first-order valence-electron chi connectivity index (χ1n) is 6.83. The van der Waals surface area contributed by atoms with Gasteiger partial charge in [0.15, 0.2) is 5.67 Å². The van der Waals surface area contributed by atoms with Gasteiger partial charge >= 0.3 is 35.7 Å². The van der Waals surface area contributed by atoms with Crippen LogP contribution in [0.1, 0.15) is 72.3 Å². The van der Waals surface area contributed by atoms with Crippen LogP contribution in [0.4, 0.5) is 74.6 Å². The van der Waals surface area contributed by atoms with Gasteiger partial charge in [-0.05, 0) is 6.92 Å². The molecule has 0 aromatic carbocycles. The summed E-state index contributed by atoms with van der Waals surface area (Å²) in [5, 5.41) is 0. The fourth-order valence-corrected chi connectivity index (χ4v) is 1.80. The van der Waals surface area contributed by atoms with Gasteiger partial charge < -0.3 is 8.78 Å². The Kier molecular flexibility index (Phi) is 27.6. The molecule has 0 fully saturated rings. The number of halogens is 17. The van der Waals surface area contributed by atoms with E-state index in [-0.39, 0.29) is 84.7 Å². The van der Waals surface area contributed by atoms with Crippen molar-refractivity contribution in [1.29, 1.82) is 0 Å². The molecular formula is C19H36F17OY-. The number of hydrogen-bond acceptors (Lipinski definition) is 1. The van der Waals surface area contributed by atoms with E-state index in [0.29, 0.717) is 0 Å². The minimum atomic E-state index is -7.47. The van der Waals surface area contributed by atoms with Crippen LogP contribution in [0.5, 0.6) is 0 Å². The molecule has 0 aromatic heterocycles. The third kappa shape index (κ3) is 11.0. The predicted octanol–water partition coefficient (Wildman–Crippen LogP) is 11.4. The summed E-state index contributed by atoms with van der Waals surface area (Å²) in [6, 6.07) is 0. The Bertz CT molecular complexity index is 615. The second-order valence-electron chi connectivity index (χ2n) is 6.09. The molecule has 0 N–H and O–H groups in total. The molecule has 2 unspecified atom stereocenters. The second kappa shape index (κ2) is 17.0. The van der Waals surface area contributed by atoms with E-state index >= 15 is 0 Å². The Balaban J connectivity index is -0.000000150. The predicted molar refractivity (Wildman–Crippen MR) is 108 cm³/mol. The first kappa shape index (κ1) is 61.8. The molecule has 0 rings (SSSR count). The standard InChI is InChI=1S/C12H8F17O.7CH4.Y/c1-5(15,9(22,23)10(24,25)6(2,16)17)3-7(18,19)11(26,12(27,28)29)30-8(20,21)4(13)14;;;;;;;;/h3H2,1-2H3;7*1H4;/q-1;;;;;;;;. The van der Waals surface area contributed by atoms with E-state index in [0.717, 1.165) is 0 Å². The van der Waals surface area contributed by atoms with E-state index in [1.54, 1.807) is 4.74 Å². The van der Waals surface area contributed by atoms with Crippen molar-refractivity contribution in [1.82, 2.24) is 0 Å². The Morgan fingerprint density at radius 1 is 0.553 bits per heavy atom. The van der Waals surface area contributed by atoms with Crippen LogP contribution in [0, 0.1) is 6.43 Å². The van der Waals surface area contributed by atoms with Crippen LogP contribution in [0.25, 0.3) is 0 Å². The van der Waals surface area contributed by atoms with Crippen molar-refractivity contribution in [2.45, 2.75) is 120 Å². The Labute approximate surface area is 238 Å². The maximum absolute atomic E-state index is 13.9. The molecule has 2 atom stereocenters. The van der Waals surface area contributed by atoms with Crippen LogP contribution in [-0.2, 0) is 37.4 Å². The minimum absolute atomic E-state index is 0. The molecule has 0 saturated carbocycles. The van der Waals surface area contributed by atoms with Gasteiger partial charge in [-0.1, -0.05) is 52.0 Å². The van der Waals surface area contributed by atoms with Gasteiger partial charge in [0, 0.05) is 39.6 Å². The summed E-state index contributed by atoms with van der Waals surface area (Å²) >= 11 is 0. The van der Waals surface area contributed by atoms with E-state index in [2.05, 4.69) is 0 Å². The van der Waals surface area contributed by atoms with Gasteiger partial charge in [0.25, 0.3) is 6.11 Å². The Morgan fingerprint density at radius 2 is 0.842 bits per heavy atom. The average Bonchev–Trinajstić information content (AvgIpc) is 2.42. The van der Waals surface area contributed by atoms with E-state index in [1.807, 2.05) is 0 Å². The topological polar surface area (TPSA) is 9.23 Å². The van der Waals surface area contributed by atoms with Crippen LogP contribution in [-0.4, -0.2) is 47.5 Å². The van der Waals surface area contributed by atoms with Gasteiger partial charge in [0.2, 0.25) is 0 Å². The first-order valence-corrected chi connectivity index (χ1v) is 6.83. The SMILES string of the molecule is C.C.C.C.C.C.C.CC(F)(F)C(F)(F)C(F)(F)C(C)(F)CC(F)(F)C(F)(OC(F)(F)[C-](F)F)C(F)(F)F.[Y]. The zero-order valence-electron chi connectivity index (χ0n) is 14.6. The van der Waals surface area contributed by atoms with Crippen LogP contribution in [0.2, 0.25) is 0 Å². The third-order valence-electron chi connectivity index (χ3n) is 3.48. The van der Waals surface area contributed by atoms with Crippen molar-refractivity contribution in [3.63, 3.8) is 0 Å². The Hall–Kier alpha value is -0.126. The fraction of sp³-hybridized carbons (Fsp3) is 0.947. The summed E-state index contributed by atoms with van der Waals surface area (Å²) in [7, 11) is 0. The van der Waals surface area contributed by atoms with Crippen molar-refractivity contribution in [3.8, 4) is 0 Å². The third-order valence-corrected chi connectivity index (χ3v) is 3.48. The summed E-state index contributed by atoms with van der Waals surface area (Å²) < 4.78 is 222. The molecule has 1 nitrogen and oxygen atoms in total. The first-order chi connectivity index (χ1) is 12.6. The molecule has 0 aliphatic heterocycles. The smallest absolute Gasteiger partial charge is 0.412 e. The molecule has 0 aromatic rings. The van der Waals surface area contributed by atoms with Gasteiger partial charge in [-0.2, -0.15) is 52.7 Å². The van der Waals surface area contributed by atoms with Crippen LogP contribution < -0.4 is 0 Å². The summed E-state index contributed by atoms with van der Waals surface area (Å²) in [6.07, 6.45) is -22.9. The number of rotatable bonds is 9. The van der Waals surface area contributed by atoms with Gasteiger partial charge in [0.05, 0.1) is 12.8 Å². The van der Waals surface area contributed by atoms with Gasteiger partial charge in [-0.15, -0.1) is 0 Å². The number of alkyl halides is 15. The molecule has 0 saturated heterocycles. The van der Waals surface area contributed by atoms with Gasteiger partial charge in [-0.3, -0.25) is 4.74 Å². The van der Waals surface area contributed by atoms with E-state index < -0.39 is 74.2 Å². The minimum Gasteiger partial charge on any atom is -0.412 e. The number of ether oxygens (including phenoxy) is 1. The largest absolute Gasteiger partial charge is 0.455 e. The molecular weight excluding hydrogens is 656 g/mol. The molecule has 0 spiro atoms. The normalized spacial score (nSPS) is 15.5. The molecule has 0 heterocycles. The maximum atomic E-state index is 13.9. The zero-order valence-corrected chi connectivity index (χ0v) is 17.5. The monoisotopic (exact) mass is 692 g/mol. The van der Waals surface area contributed by atoms with Crippen LogP contribution >= 0.6 is 0 Å². The summed E-state index contributed by atoms with van der Waals surface area (Å²) in [5.41, 5.74) is -5.86. The van der Waals surface area contributed by atoms with Crippen LogP contribution in [0.15, 0.2) is 0 Å². The fourth-order valence-electron chi connectivity index (χ4n) is 1.80. The van der Waals surface area contributed by atoms with Crippen molar-refractivity contribution < 1.29 is 112 Å².